The van der Waals surface area contributed by atoms with E-state index in [1.165, 1.54) is 12.1 Å². The van der Waals surface area contributed by atoms with Gasteiger partial charge in [-0.05, 0) is 37.7 Å². The van der Waals surface area contributed by atoms with Gasteiger partial charge in [0.05, 0.1) is 23.2 Å². The molecule has 0 bridgehead atoms. The van der Waals surface area contributed by atoms with Crippen molar-refractivity contribution in [3.8, 4) is 0 Å². The number of nitro benzene ring substituents is 1. The van der Waals surface area contributed by atoms with Crippen LogP contribution in [0.1, 0.15) is 42.9 Å². The highest BCUT2D eigenvalue weighted by molar-refractivity contribution is 7.86. The lowest BCUT2D eigenvalue weighted by atomic mass is 9.64. The predicted octanol–water partition coefficient (Wildman–Crippen LogP) is 1.19. The van der Waals surface area contributed by atoms with Gasteiger partial charge in [0.15, 0.2) is 0 Å². The van der Waals surface area contributed by atoms with Crippen LogP contribution < -0.4 is 0 Å². The molecule has 0 aromatic heterocycles. The van der Waals surface area contributed by atoms with Gasteiger partial charge in [0, 0.05) is 23.5 Å². The molecule has 2 aliphatic rings. The summed E-state index contributed by atoms with van der Waals surface area (Å²) in [5.74, 6) is -0.961. The van der Waals surface area contributed by atoms with Gasteiger partial charge in [-0.15, -0.1) is 0 Å². The molecule has 1 spiro atoms. The molecule has 5 unspecified atom stereocenters. The van der Waals surface area contributed by atoms with Crippen LogP contribution >= 0.6 is 0 Å². The number of hydrogen-bond donors (Lipinski definition) is 4. The molecule has 10 heteroatoms. The Morgan fingerprint density at radius 3 is 2.11 bits per heavy atom. The molecule has 0 heterocycles. The fraction of sp³-hybridized carbons (Fsp3) is 0.647. The van der Waals surface area contributed by atoms with Crippen LogP contribution in [0, 0.1) is 21.4 Å². The average molecular weight is 401 g/mol. The molecule has 150 valence electrons. The van der Waals surface area contributed by atoms with Crippen LogP contribution in [0.4, 0.5) is 5.69 Å². The van der Waals surface area contributed by atoms with Crippen molar-refractivity contribution in [2.24, 2.45) is 11.3 Å². The van der Waals surface area contributed by atoms with E-state index < -0.39 is 49.9 Å². The van der Waals surface area contributed by atoms with E-state index in [4.69, 9.17) is 0 Å². The van der Waals surface area contributed by atoms with Crippen LogP contribution in [0.3, 0.4) is 0 Å². The first-order valence-electron chi connectivity index (χ1n) is 8.81. The number of aliphatic hydroxyl groups excluding tert-OH is 3. The van der Waals surface area contributed by atoms with Crippen molar-refractivity contribution in [3.63, 3.8) is 0 Å². The average Bonchev–Trinajstić information content (AvgIpc) is 2.86. The molecule has 27 heavy (non-hydrogen) atoms. The van der Waals surface area contributed by atoms with Crippen molar-refractivity contribution in [2.75, 3.05) is 0 Å². The zero-order chi connectivity index (χ0) is 20.0. The Morgan fingerprint density at radius 1 is 1.07 bits per heavy atom. The summed E-state index contributed by atoms with van der Waals surface area (Å²) in [4.78, 5) is 10.2. The maximum Gasteiger partial charge on any atom is 0.272 e. The summed E-state index contributed by atoms with van der Waals surface area (Å²) in [6, 6.07) is 4.76. The Balaban J connectivity index is 2.00. The Kier molecular flexibility index (Phi) is 5.30. The molecule has 1 aromatic rings. The Labute approximate surface area is 156 Å². The second kappa shape index (κ2) is 7.10. The van der Waals surface area contributed by atoms with Gasteiger partial charge in [-0.2, -0.15) is 8.42 Å². The van der Waals surface area contributed by atoms with Crippen molar-refractivity contribution in [1.82, 2.24) is 0 Å². The monoisotopic (exact) mass is 401 g/mol. The smallest absolute Gasteiger partial charge is 0.272 e. The zero-order valence-corrected chi connectivity index (χ0v) is 15.3. The first-order chi connectivity index (χ1) is 12.6. The number of non-ortho nitro benzene ring substituents is 1. The van der Waals surface area contributed by atoms with E-state index >= 15 is 0 Å². The van der Waals surface area contributed by atoms with Gasteiger partial charge < -0.3 is 15.3 Å². The number of nitro groups is 1. The van der Waals surface area contributed by atoms with Gasteiger partial charge in [0.1, 0.15) is 5.25 Å². The molecule has 0 amide bonds. The molecule has 5 atom stereocenters. The molecular formula is C17H23NO8S. The van der Waals surface area contributed by atoms with Gasteiger partial charge in [-0.1, -0.05) is 12.1 Å². The third-order valence-corrected chi connectivity index (χ3v) is 7.46. The highest BCUT2D eigenvalue weighted by Crippen LogP contribution is 2.54. The summed E-state index contributed by atoms with van der Waals surface area (Å²) in [5, 5.41) is 40.6. The minimum atomic E-state index is -4.66. The number of aliphatic hydroxyl groups is 3. The van der Waals surface area contributed by atoms with Crippen LogP contribution in [-0.4, -0.2) is 51.5 Å². The minimum Gasteiger partial charge on any atom is -0.393 e. The van der Waals surface area contributed by atoms with Crippen LogP contribution in [0.25, 0.3) is 0 Å². The van der Waals surface area contributed by atoms with E-state index in [1.807, 2.05) is 0 Å². The first-order valence-corrected chi connectivity index (χ1v) is 10.3. The molecule has 2 fully saturated rings. The number of benzene rings is 1. The van der Waals surface area contributed by atoms with Gasteiger partial charge in [-0.25, -0.2) is 0 Å². The fourth-order valence-electron chi connectivity index (χ4n) is 4.76. The summed E-state index contributed by atoms with van der Waals surface area (Å²) in [6.07, 6.45) is -1.36. The molecule has 3 rings (SSSR count). The number of hydrogen-bond acceptors (Lipinski definition) is 7. The summed E-state index contributed by atoms with van der Waals surface area (Å²) in [6.45, 7) is 0. The van der Waals surface area contributed by atoms with E-state index in [1.54, 1.807) is 0 Å². The summed E-state index contributed by atoms with van der Waals surface area (Å²) in [7, 11) is -4.66. The van der Waals surface area contributed by atoms with Gasteiger partial charge >= 0.3 is 0 Å². The molecule has 2 aliphatic carbocycles. The highest BCUT2D eigenvalue weighted by Gasteiger charge is 2.55. The second-order valence-electron chi connectivity index (χ2n) is 7.60. The molecule has 0 radical (unpaired) electrons. The van der Waals surface area contributed by atoms with Crippen molar-refractivity contribution < 1.29 is 33.2 Å². The van der Waals surface area contributed by atoms with Crippen molar-refractivity contribution >= 4 is 15.8 Å². The molecule has 2 saturated carbocycles. The molecule has 9 nitrogen and oxygen atoms in total. The fourth-order valence-corrected chi connectivity index (χ4v) is 5.98. The van der Waals surface area contributed by atoms with E-state index in [9.17, 15) is 38.4 Å². The van der Waals surface area contributed by atoms with Crippen LogP contribution in [0.2, 0.25) is 0 Å². The minimum absolute atomic E-state index is 0.0257. The normalized spacial score (nSPS) is 35.3. The topological polar surface area (TPSA) is 158 Å². The lowest BCUT2D eigenvalue weighted by molar-refractivity contribution is -0.384. The molecule has 0 aliphatic heterocycles. The Hall–Kier alpha value is -1.59. The van der Waals surface area contributed by atoms with Crippen LogP contribution in [-0.2, 0) is 10.1 Å². The number of nitrogens with zero attached hydrogens (tertiary/aromatic N) is 1. The quantitative estimate of drug-likeness (QED) is 0.333. The van der Waals surface area contributed by atoms with Crippen molar-refractivity contribution in [3.05, 3.63) is 39.9 Å². The Morgan fingerprint density at radius 2 is 1.63 bits per heavy atom. The van der Waals surface area contributed by atoms with Crippen LogP contribution in [0.5, 0.6) is 0 Å². The van der Waals surface area contributed by atoms with Gasteiger partial charge in [0.25, 0.3) is 15.8 Å². The second-order valence-corrected chi connectivity index (χ2v) is 9.14. The molecule has 0 saturated heterocycles. The van der Waals surface area contributed by atoms with Crippen molar-refractivity contribution in [1.29, 1.82) is 0 Å². The summed E-state index contributed by atoms with van der Waals surface area (Å²) in [5.41, 5.74) is -1.03. The lowest BCUT2D eigenvalue weighted by Crippen LogP contribution is -2.49. The highest BCUT2D eigenvalue weighted by atomic mass is 32.2. The van der Waals surface area contributed by atoms with E-state index in [2.05, 4.69) is 0 Å². The first kappa shape index (κ1) is 20.2. The molecular weight excluding hydrogens is 378 g/mol. The maximum atomic E-state index is 12.1. The van der Waals surface area contributed by atoms with E-state index in [0.29, 0.717) is 19.3 Å². The van der Waals surface area contributed by atoms with Crippen molar-refractivity contribution in [2.45, 2.75) is 55.7 Å². The summed E-state index contributed by atoms with van der Waals surface area (Å²) < 4.78 is 34.1. The summed E-state index contributed by atoms with van der Waals surface area (Å²) >= 11 is 0. The standard InChI is InChI=1S/C17H23NO8S/c19-13-7-8-17(14(20)5-6-15(17)21)9-12(13)16(27(24,25)26)10-1-3-11(4-2-10)18(22)23/h1-4,12-16,19-21H,5-9H2,(H,24,25,26). The third-order valence-electron chi connectivity index (χ3n) is 6.20. The van der Waals surface area contributed by atoms with E-state index in [0.717, 1.165) is 12.1 Å². The third kappa shape index (κ3) is 3.59. The van der Waals surface area contributed by atoms with Gasteiger partial charge in [0.2, 0.25) is 0 Å². The molecule has 4 N–H and O–H groups in total. The Bertz CT molecular complexity index is 799. The lowest BCUT2D eigenvalue weighted by Gasteiger charge is -2.46. The molecule has 1 aromatic carbocycles. The number of rotatable bonds is 4. The van der Waals surface area contributed by atoms with E-state index in [-0.39, 0.29) is 24.1 Å². The predicted molar refractivity (Wildman–Crippen MR) is 94.4 cm³/mol. The van der Waals surface area contributed by atoms with Gasteiger partial charge in [-0.3, -0.25) is 14.7 Å². The van der Waals surface area contributed by atoms with Crippen LogP contribution in [0.15, 0.2) is 24.3 Å². The zero-order valence-electron chi connectivity index (χ0n) is 14.5. The largest absolute Gasteiger partial charge is 0.393 e. The SMILES string of the molecule is O=[N+]([O-])c1ccc(C(C2CC3(CCC2O)C(O)CCC3O)S(=O)(=O)O)cc1. The maximum absolute atomic E-state index is 12.1.